The van der Waals surface area contributed by atoms with Gasteiger partial charge >= 0.3 is 0 Å². The molecule has 0 bridgehead atoms. The fourth-order valence-corrected chi connectivity index (χ4v) is 10.3. The van der Waals surface area contributed by atoms with Crippen molar-refractivity contribution in [2.75, 3.05) is 11.5 Å². The zero-order valence-electron chi connectivity index (χ0n) is 21.8. The van der Waals surface area contributed by atoms with Gasteiger partial charge in [-0.15, -0.1) is 23.5 Å². The average Bonchev–Trinajstić information content (AvgIpc) is 3.09. The maximum absolute atomic E-state index is 12.5. The molecule has 3 aliphatic carbocycles. The van der Waals surface area contributed by atoms with Gasteiger partial charge in [0.05, 0.1) is 10.7 Å². The Morgan fingerprint density at radius 2 is 1.85 bits per heavy atom. The van der Waals surface area contributed by atoms with Gasteiger partial charge in [0.15, 0.2) is 19.7 Å². The van der Waals surface area contributed by atoms with Crippen molar-refractivity contribution < 1.29 is 14.3 Å². The molecule has 188 valence electrons. The fraction of sp³-hybridized carbons (Fsp3) is 0.750. The van der Waals surface area contributed by atoms with Crippen molar-refractivity contribution in [3.63, 3.8) is 0 Å². The first-order chi connectivity index (χ1) is 15.9. The Bertz CT molecular complexity index is 932. The average molecular weight is 519 g/mol. The van der Waals surface area contributed by atoms with Crippen LogP contribution in [0.5, 0.6) is 0 Å². The standard InChI is InChI=1S/C28H42O3S2Si/c1-26(2,3)34(5,6)31-24-12-11-23-27(24,4)15-14-22(25-32-17-8-18-33-25)28(23,30)16-13-20-9-7-10-21(29)19-20/h14,19,23-25,30H,7-12,15,17-18H2,1-6H3/t23-,24+,27+,28-/m1/s1. The quantitative estimate of drug-likeness (QED) is 0.255. The molecule has 4 atom stereocenters. The van der Waals surface area contributed by atoms with Crippen LogP contribution in [0, 0.1) is 23.2 Å². The summed E-state index contributed by atoms with van der Waals surface area (Å²) in [6, 6.07) is 0. The minimum Gasteiger partial charge on any atom is -0.413 e. The van der Waals surface area contributed by atoms with Crippen molar-refractivity contribution in [2.24, 2.45) is 11.3 Å². The number of allylic oxidation sites excluding steroid dienone is 3. The van der Waals surface area contributed by atoms with E-state index in [1.807, 2.05) is 23.5 Å². The maximum atomic E-state index is 12.5. The summed E-state index contributed by atoms with van der Waals surface area (Å²) in [6.45, 7) is 13.9. The zero-order valence-corrected chi connectivity index (χ0v) is 24.5. The molecule has 3 nitrogen and oxygen atoms in total. The van der Waals surface area contributed by atoms with Crippen LogP contribution in [-0.2, 0) is 9.22 Å². The highest BCUT2D eigenvalue weighted by Crippen LogP contribution is 2.60. The van der Waals surface area contributed by atoms with Crippen LogP contribution in [0.1, 0.15) is 72.6 Å². The first-order valence-electron chi connectivity index (χ1n) is 13.0. The molecular weight excluding hydrogens is 477 g/mol. The molecule has 1 saturated heterocycles. The third-order valence-electron chi connectivity index (χ3n) is 8.90. The molecule has 1 saturated carbocycles. The van der Waals surface area contributed by atoms with Crippen LogP contribution in [0.3, 0.4) is 0 Å². The summed E-state index contributed by atoms with van der Waals surface area (Å²) in [5, 5.41) is 12.6. The number of carbonyl (C=O) groups excluding carboxylic acids is 1. The van der Waals surface area contributed by atoms with E-state index in [1.165, 1.54) is 6.42 Å². The van der Waals surface area contributed by atoms with Gasteiger partial charge in [-0.1, -0.05) is 45.6 Å². The van der Waals surface area contributed by atoms with Crippen LogP contribution in [0.15, 0.2) is 23.3 Å². The number of hydrogen-bond donors (Lipinski definition) is 1. The van der Waals surface area contributed by atoms with Crippen molar-refractivity contribution >= 4 is 37.6 Å². The molecule has 2 fully saturated rings. The number of rotatable bonds is 3. The minimum atomic E-state index is -1.94. The van der Waals surface area contributed by atoms with Crippen molar-refractivity contribution in [2.45, 2.75) is 107 Å². The van der Waals surface area contributed by atoms with Gasteiger partial charge in [0.1, 0.15) is 0 Å². The van der Waals surface area contributed by atoms with E-state index in [-0.39, 0.29) is 32.8 Å². The lowest BCUT2D eigenvalue weighted by Gasteiger charge is -2.50. The summed E-state index contributed by atoms with van der Waals surface area (Å²) in [6.07, 6.45) is 10.5. The van der Waals surface area contributed by atoms with E-state index in [1.54, 1.807) is 6.08 Å². The highest BCUT2D eigenvalue weighted by molar-refractivity contribution is 8.17. The van der Waals surface area contributed by atoms with Gasteiger partial charge in [0.25, 0.3) is 0 Å². The van der Waals surface area contributed by atoms with Crippen molar-refractivity contribution in [1.29, 1.82) is 0 Å². The molecule has 0 amide bonds. The molecule has 1 N–H and O–H groups in total. The number of thioether (sulfide) groups is 2. The summed E-state index contributed by atoms with van der Waals surface area (Å²) in [4.78, 5) is 12.0. The molecule has 4 aliphatic rings. The lowest BCUT2D eigenvalue weighted by atomic mass is 9.62. The summed E-state index contributed by atoms with van der Waals surface area (Å²) in [5.74, 6) is 9.17. The molecule has 0 spiro atoms. The smallest absolute Gasteiger partial charge is 0.192 e. The Hall–Kier alpha value is -0.453. The summed E-state index contributed by atoms with van der Waals surface area (Å²) in [5.41, 5.74) is 0.686. The summed E-state index contributed by atoms with van der Waals surface area (Å²) < 4.78 is 7.27. The van der Waals surface area contributed by atoms with E-state index in [0.717, 1.165) is 54.8 Å². The molecule has 0 aromatic heterocycles. The lowest BCUT2D eigenvalue weighted by molar-refractivity contribution is -0.115. The second-order valence-corrected chi connectivity index (χ2v) is 19.8. The van der Waals surface area contributed by atoms with Gasteiger partial charge < -0.3 is 9.53 Å². The largest absolute Gasteiger partial charge is 0.413 e. The number of carbonyl (C=O) groups is 1. The molecule has 6 heteroatoms. The molecule has 1 heterocycles. The second kappa shape index (κ2) is 9.78. The van der Waals surface area contributed by atoms with Crippen LogP contribution in [0.25, 0.3) is 0 Å². The molecule has 34 heavy (non-hydrogen) atoms. The molecule has 0 aromatic carbocycles. The number of ketones is 1. The molecule has 0 radical (unpaired) electrons. The van der Waals surface area contributed by atoms with Gasteiger partial charge in [-0.2, -0.15) is 0 Å². The highest BCUT2D eigenvalue weighted by atomic mass is 32.2. The van der Waals surface area contributed by atoms with E-state index in [2.05, 4.69) is 58.7 Å². The van der Waals surface area contributed by atoms with Crippen molar-refractivity contribution in [1.82, 2.24) is 0 Å². The van der Waals surface area contributed by atoms with Gasteiger partial charge in [0, 0.05) is 23.3 Å². The van der Waals surface area contributed by atoms with Crippen LogP contribution >= 0.6 is 23.5 Å². The predicted octanol–water partition coefficient (Wildman–Crippen LogP) is 6.73. The van der Waals surface area contributed by atoms with Crippen LogP contribution in [0.4, 0.5) is 0 Å². The number of aliphatic hydroxyl groups is 1. The van der Waals surface area contributed by atoms with E-state index >= 15 is 0 Å². The Morgan fingerprint density at radius 1 is 1.15 bits per heavy atom. The third kappa shape index (κ3) is 5.02. The van der Waals surface area contributed by atoms with Crippen LogP contribution in [0.2, 0.25) is 18.1 Å². The molecule has 0 unspecified atom stereocenters. The van der Waals surface area contributed by atoms with Crippen molar-refractivity contribution in [3.8, 4) is 11.8 Å². The SMILES string of the molecule is CC(C)(C)[Si](C)(C)O[C@H]1CC[C@@H]2[C@]1(C)CC=C(C1SCCCS1)[C@]2(O)C#CC1=CC(=O)CCC1. The Balaban J connectivity index is 1.71. The monoisotopic (exact) mass is 518 g/mol. The fourth-order valence-electron chi connectivity index (χ4n) is 5.74. The Kier molecular flexibility index (Phi) is 7.65. The minimum absolute atomic E-state index is 0.0466. The van der Waals surface area contributed by atoms with Gasteiger partial charge in [0.2, 0.25) is 0 Å². The first kappa shape index (κ1) is 26.6. The summed E-state index contributed by atoms with van der Waals surface area (Å²) >= 11 is 3.91. The van der Waals surface area contributed by atoms with E-state index in [9.17, 15) is 9.90 Å². The topological polar surface area (TPSA) is 46.5 Å². The normalized spacial score (nSPS) is 35.2. The maximum Gasteiger partial charge on any atom is 0.192 e. The number of hydrogen-bond acceptors (Lipinski definition) is 5. The summed E-state index contributed by atoms with van der Waals surface area (Å²) in [7, 11) is -1.94. The molecule has 4 rings (SSSR count). The van der Waals surface area contributed by atoms with E-state index in [4.69, 9.17) is 4.43 Å². The van der Waals surface area contributed by atoms with Crippen LogP contribution < -0.4 is 0 Å². The van der Waals surface area contributed by atoms with Crippen LogP contribution in [-0.4, -0.2) is 47.0 Å². The Morgan fingerprint density at radius 3 is 2.50 bits per heavy atom. The first-order valence-corrected chi connectivity index (χ1v) is 18.0. The number of fused-ring (bicyclic) bond motifs is 1. The van der Waals surface area contributed by atoms with E-state index in [0.29, 0.717) is 6.42 Å². The lowest BCUT2D eigenvalue weighted by Crippen LogP contribution is -2.54. The molecule has 1 aliphatic heterocycles. The van der Waals surface area contributed by atoms with Gasteiger partial charge in [-0.05, 0) is 79.8 Å². The second-order valence-electron chi connectivity index (χ2n) is 12.3. The van der Waals surface area contributed by atoms with Crippen molar-refractivity contribution in [3.05, 3.63) is 23.3 Å². The van der Waals surface area contributed by atoms with Gasteiger partial charge in [-0.3, -0.25) is 4.79 Å². The highest BCUT2D eigenvalue weighted by Gasteiger charge is 2.60. The third-order valence-corrected chi connectivity index (χ3v) is 16.4. The predicted molar refractivity (Wildman–Crippen MR) is 149 cm³/mol. The van der Waals surface area contributed by atoms with E-state index < -0.39 is 13.9 Å². The van der Waals surface area contributed by atoms with Gasteiger partial charge in [-0.25, -0.2) is 0 Å². The molecule has 0 aromatic rings. The zero-order chi connectivity index (χ0) is 24.8. The Labute approximate surface area is 216 Å². The molecular formula is C28H42O3S2Si.